The van der Waals surface area contributed by atoms with Crippen molar-refractivity contribution in [2.75, 3.05) is 5.32 Å². The van der Waals surface area contributed by atoms with E-state index in [4.69, 9.17) is 23.2 Å². The van der Waals surface area contributed by atoms with E-state index in [1.54, 1.807) is 78.9 Å². The number of anilines is 1. The Morgan fingerprint density at radius 3 is 2.00 bits per heavy atom. The van der Waals surface area contributed by atoms with Crippen molar-refractivity contribution in [1.29, 1.82) is 0 Å². The van der Waals surface area contributed by atoms with Crippen LogP contribution >= 0.6 is 23.2 Å². The van der Waals surface area contributed by atoms with Crippen molar-refractivity contribution in [1.82, 2.24) is 20.9 Å². The van der Waals surface area contributed by atoms with Gasteiger partial charge in [-0.15, -0.1) is 0 Å². The first-order chi connectivity index (χ1) is 22.9. The molecule has 0 saturated carbocycles. The van der Waals surface area contributed by atoms with E-state index in [1.807, 2.05) is 0 Å². The van der Waals surface area contributed by atoms with Crippen LogP contribution in [0.4, 0.5) is 5.69 Å². The normalized spacial score (nSPS) is 12.7. The summed E-state index contributed by atoms with van der Waals surface area (Å²) in [7, 11) is 0. The molecule has 4 aromatic rings. The molecule has 1 heterocycles. The highest BCUT2D eigenvalue weighted by atomic mass is 35.5. The number of aromatic nitrogens is 1. The smallest absolute Gasteiger partial charge is 0.305 e. The number of H-pyrrole nitrogens is 1. The number of carboxylic acid groups (broad SMARTS) is 2. The van der Waals surface area contributed by atoms with Crippen molar-refractivity contribution < 1.29 is 39.0 Å². The lowest BCUT2D eigenvalue weighted by atomic mass is 10.0. The van der Waals surface area contributed by atoms with Gasteiger partial charge in [0.15, 0.2) is 0 Å². The third kappa shape index (κ3) is 10.3. The molecule has 0 fully saturated rings. The summed E-state index contributed by atoms with van der Waals surface area (Å²) in [5, 5.41) is 30.3. The zero-order valence-corrected chi connectivity index (χ0v) is 26.7. The molecule has 7 N–H and O–H groups in total. The van der Waals surface area contributed by atoms with Crippen molar-refractivity contribution in [2.24, 2.45) is 0 Å². The van der Waals surface area contributed by atoms with Gasteiger partial charge in [-0.05, 0) is 60.5 Å². The van der Waals surface area contributed by atoms with Gasteiger partial charge in [0.05, 0.1) is 6.42 Å². The largest absolute Gasteiger partial charge is 0.481 e. The van der Waals surface area contributed by atoms with Crippen molar-refractivity contribution >= 4 is 75.4 Å². The summed E-state index contributed by atoms with van der Waals surface area (Å²) in [6, 6.07) is 16.8. The lowest BCUT2D eigenvalue weighted by Gasteiger charge is -2.24. The minimum absolute atomic E-state index is 0.0665. The molecular weight excluding hydrogens is 665 g/mol. The van der Waals surface area contributed by atoms with E-state index in [2.05, 4.69) is 26.3 Å². The number of carbonyl (C=O) groups excluding carboxylic acids is 4. The van der Waals surface area contributed by atoms with E-state index < -0.39 is 66.5 Å². The van der Waals surface area contributed by atoms with Crippen molar-refractivity contribution in [3.05, 3.63) is 100 Å². The number of rotatable bonds is 15. The fourth-order valence-electron chi connectivity index (χ4n) is 4.74. The van der Waals surface area contributed by atoms with Gasteiger partial charge in [0.25, 0.3) is 5.91 Å². The molecule has 48 heavy (non-hydrogen) atoms. The van der Waals surface area contributed by atoms with E-state index in [1.165, 1.54) is 0 Å². The lowest BCUT2D eigenvalue weighted by Crippen LogP contribution is -2.57. The Bertz CT molecular complexity index is 1810. The second kappa shape index (κ2) is 16.4. The van der Waals surface area contributed by atoms with Gasteiger partial charge >= 0.3 is 11.9 Å². The van der Waals surface area contributed by atoms with Crippen molar-refractivity contribution in [3.8, 4) is 0 Å². The SMILES string of the molecule is O=C(O)CC[C@H](NC(=O)[C@H](CC(=O)O)NC(=O)[C@H](Cc1ccc(Cl)cc1)NC(=O)c1cc2cc(Cl)ccc2[nH]1)C(=O)Nc1ccccc1. The number of amides is 4. The molecule has 0 spiro atoms. The van der Waals surface area contributed by atoms with Crippen molar-refractivity contribution in [2.45, 2.75) is 43.8 Å². The number of fused-ring (bicyclic) bond motifs is 1. The van der Waals surface area contributed by atoms with Crippen LogP contribution in [0.15, 0.2) is 78.9 Å². The molecule has 13 nitrogen and oxygen atoms in total. The fraction of sp³-hybridized carbons (Fsp3) is 0.212. The number of benzene rings is 3. The highest BCUT2D eigenvalue weighted by Gasteiger charge is 2.32. The standard InChI is InChI=1S/C33H31Cl2N5O8/c34-20-8-6-18(7-9-20)14-25(39-32(47)26-16-19-15-21(35)10-11-23(19)37-26)31(46)40-27(17-29(43)44)33(48)38-24(12-13-28(41)42)30(45)36-22-4-2-1-3-5-22/h1-11,15-16,24-25,27,37H,12-14,17H2,(H,36,45)(H,38,48)(H,39,47)(H,40,46)(H,41,42)(H,43,44)/t24-,25-,27-/m0/s1. The van der Waals surface area contributed by atoms with Gasteiger partial charge in [-0.25, -0.2) is 0 Å². The maximum Gasteiger partial charge on any atom is 0.305 e. The van der Waals surface area contributed by atoms with Gasteiger partial charge in [0.2, 0.25) is 17.7 Å². The second-order valence-electron chi connectivity index (χ2n) is 10.8. The summed E-state index contributed by atoms with van der Waals surface area (Å²) in [4.78, 5) is 79.3. The molecule has 250 valence electrons. The first kappa shape index (κ1) is 35.5. The number of aromatic amines is 1. The van der Waals surface area contributed by atoms with Gasteiger partial charge in [-0.3, -0.25) is 28.8 Å². The molecule has 4 rings (SSSR count). The number of aliphatic carboxylic acids is 2. The van der Waals surface area contributed by atoms with Crippen LogP contribution in [-0.2, 0) is 30.4 Å². The molecular formula is C33H31Cl2N5O8. The van der Waals surface area contributed by atoms with Gasteiger partial charge < -0.3 is 36.5 Å². The number of hydrogen-bond acceptors (Lipinski definition) is 6. The zero-order valence-electron chi connectivity index (χ0n) is 25.2. The van der Waals surface area contributed by atoms with Crippen LogP contribution in [0.3, 0.4) is 0 Å². The number of halogens is 2. The minimum atomic E-state index is -1.70. The molecule has 0 saturated heterocycles. The Labute approximate surface area is 284 Å². The van der Waals surface area contributed by atoms with Crippen LogP contribution in [0.25, 0.3) is 10.9 Å². The van der Waals surface area contributed by atoms with Crippen LogP contribution < -0.4 is 21.3 Å². The van der Waals surface area contributed by atoms with E-state index in [0.717, 1.165) is 0 Å². The molecule has 0 bridgehead atoms. The molecule has 0 aliphatic carbocycles. The maximum atomic E-state index is 13.7. The monoisotopic (exact) mass is 695 g/mol. The van der Waals surface area contributed by atoms with Crippen LogP contribution in [0.1, 0.15) is 35.3 Å². The Morgan fingerprint density at radius 1 is 0.688 bits per heavy atom. The van der Waals surface area contributed by atoms with Crippen LogP contribution in [0.2, 0.25) is 10.0 Å². The zero-order chi connectivity index (χ0) is 34.8. The van der Waals surface area contributed by atoms with Gasteiger partial charge in [-0.1, -0.05) is 53.5 Å². The molecule has 15 heteroatoms. The Balaban J connectivity index is 1.55. The number of carbonyl (C=O) groups is 6. The summed E-state index contributed by atoms with van der Waals surface area (Å²) in [6.45, 7) is 0. The molecule has 0 aliphatic rings. The number of para-hydroxylation sites is 1. The predicted octanol–water partition coefficient (Wildman–Crippen LogP) is 3.76. The average Bonchev–Trinajstić information content (AvgIpc) is 3.47. The molecule has 1 aromatic heterocycles. The molecule has 0 radical (unpaired) electrons. The highest BCUT2D eigenvalue weighted by Crippen LogP contribution is 2.20. The Hall–Kier alpha value is -5.40. The number of nitrogens with one attached hydrogen (secondary N) is 5. The van der Waals surface area contributed by atoms with Crippen LogP contribution in [0, 0.1) is 0 Å². The molecule has 3 aromatic carbocycles. The third-order valence-electron chi connectivity index (χ3n) is 7.14. The van der Waals surface area contributed by atoms with Gasteiger partial charge in [0.1, 0.15) is 23.8 Å². The van der Waals surface area contributed by atoms with E-state index in [9.17, 15) is 39.0 Å². The van der Waals surface area contributed by atoms with E-state index >= 15 is 0 Å². The summed E-state index contributed by atoms with van der Waals surface area (Å²) < 4.78 is 0. The van der Waals surface area contributed by atoms with Crippen LogP contribution in [0.5, 0.6) is 0 Å². The number of carboxylic acids is 2. The predicted molar refractivity (Wildman–Crippen MR) is 178 cm³/mol. The summed E-state index contributed by atoms with van der Waals surface area (Å²) >= 11 is 12.1. The second-order valence-corrected chi connectivity index (χ2v) is 11.7. The summed E-state index contributed by atoms with van der Waals surface area (Å²) in [5.74, 6) is -6.02. The number of hydrogen-bond donors (Lipinski definition) is 7. The topological polar surface area (TPSA) is 207 Å². The Kier molecular flexibility index (Phi) is 12.1. The maximum absolute atomic E-state index is 13.7. The van der Waals surface area contributed by atoms with Crippen molar-refractivity contribution in [3.63, 3.8) is 0 Å². The molecule has 0 aliphatic heterocycles. The minimum Gasteiger partial charge on any atom is -0.481 e. The summed E-state index contributed by atoms with van der Waals surface area (Å²) in [5.41, 5.74) is 1.71. The third-order valence-corrected chi connectivity index (χ3v) is 7.62. The summed E-state index contributed by atoms with van der Waals surface area (Å²) in [6.07, 6.45) is -1.76. The van der Waals surface area contributed by atoms with E-state index in [0.29, 0.717) is 32.2 Å². The highest BCUT2D eigenvalue weighted by molar-refractivity contribution is 6.31. The first-order valence-corrected chi connectivity index (χ1v) is 15.4. The Morgan fingerprint density at radius 2 is 1.33 bits per heavy atom. The van der Waals surface area contributed by atoms with Gasteiger partial charge in [0, 0.05) is 39.5 Å². The molecule has 0 unspecified atom stereocenters. The van der Waals surface area contributed by atoms with Crippen LogP contribution in [-0.4, -0.2) is 68.9 Å². The van der Waals surface area contributed by atoms with E-state index in [-0.39, 0.29) is 18.5 Å². The van der Waals surface area contributed by atoms with Gasteiger partial charge in [-0.2, -0.15) is 0 Å². The molecule has 3 atom stereocenters. The average molecular weight is 697 g/mol. The quantitative estimate of drug-likeness (QED) is 0.0972. The fourth-order valence-corrected chi connectivity index (χ4v) is 5.05. The molecule has 4 amide bonds. The lowest BCUT2D eigenvalue weighted by molar-refractivity contribution is -0.141. The first-order valence-electron chi connectivity index (χ1n) is 14.6.